The van der Waals surface area contributed by atoms with Gasteiger partial charge >= 0.3 is 0 Å². The van der Waals surface area contributed by atoms with E-state index in [4.69, 9.17) is 16.3 Å². The Bertz CT molecular complexity index is 835. The number of Topliss-reactive ketones (excluding diaryl/α,β-unsaturated/α-hetero) is 1. The quantitative estimate of drug-likeness (QED) is 0.744. The lowest BCUT2D eigenvalue weighted by molar-refractivity contribution is -0.124. The number of hydrogen-bond acceptors (Lipinski definition) is 5. The number of ketones is 1. The molecule has 0 spiro atoms. The Morgan fingerprint density at radius 1 is 1.25 bits per heavy atom. The zero-order valence-corrected chi connectivity index (χ0v) is 13.7. The van der Waals surface area contributed by atoms with Crippen molar-refractivity contribution in [2.45, 2.75) is 19.4 Å². The number of carbonyl (C=O) groups is 1. The highest BCUT2D eigenvalue weighted by Crippen LogP contribution is 2.24. The number of para-hydroxylation sites is 1. The van der Waals surface area contributed by atoms with Crippen molar-refractivity contribution in [3.63, 3.8) is 0 Å². The van der Waals surface area contributed by atoms with E-state index >= 15 is 0 Å². The summed E-state index contributed by atoms with van der Waals surface area (Å²) in [6, 6.07) is 12.5. The van der Waals surface area contributed by atoms with E-state index in [1.165, 1.54) is 0 Å². The Hall–Kier alpha value is -2.73. The van der Waals surface area contributed by atoms with Crippen LogP contribution in [0.3, 0.4) is 0 Å². The molecule has 0 bridgehead atoms. The number of benzene rings is 1. The number of aromatic amines is 1. The first-order valence-corrected chi connectivity index (χ1v) is 7.78. The molecule has 0 aliphatic carbocycles. The van der Waals surface area contributed by atoms with Gasteiger partial charge < -0.3 is 4.74 Å². The van der Waals surface area contributed by atoms with Crippen LogP contribution in [0.2, 0.25) is 5.02 Å². The van der Waals surface area contributed by atoms with Crippen LogP contribution in [0.5, 0.6) is 5.75 Å². The number of H-pyrrole nitrogens is 1. The molecule has 122 valence electrons. The number of halogens is 1. The van der Waals surface area contributed by atoms with E-state index in [2.05, 4.69) is 20.2 Å². The number of nitrogens with zero attached hydrogens (tertiary/aromatic N) is 3. The first kappa shape index (κ1) is 16.1. The minimum Gasteiger partial charge on any atom is -0.481 e. The van der Waals surface area contributed by atoms with Gasteiger partial charge in [-0.15, -0.1) is 0 Å². The summed E-state index contributed by atoms with van der Waals surface area (Å²) in [6.07, 6.45) is 1.11. The van der Waals surface area contributed by atoms with Gasteiger partial charge in [0.05, 0.1) is 11.4 Å². The highest BCUT2D eigenvalue weighted by Gasteiger charge is 2.18. The molecule has 1 atom stereocenters. The van der Waals surface area contributed by atoms with Crippen LogP contribution >= 0.6 is 11.6 Å². The molecule has 0 radical (unpaired) electrons. The maximum Gasteiger partial charge on any atom is 0.199 e. The van der Waals surface area contributed by atoms with Gasteiger partial charge in [0.1, 0.15) is 17.3 Å². The van der Waals surface area contributed by atoms with Gasteiger partial charge in [-0.2, -0.15) is 5.10 Å². The molecule has 0 aliphatic rings. The predicted octanol–water partition coefficient (Wildman–Crippen LogP) is 3.10. The zero-order valence-electron chi connectivity index (χ0n) is 12.9. The Morgan fingerprint density at radius 3 is 2.79 bits per heavy atom. The first-order chi connectivity index (χ1) is 11.6. The van der Waals surface area contributed by atoms with Gasteiger partial charge in [-0.05, 0) is 31.2 Å². The summed E-state index contributed by atoms with van der Waals surface area (Å²) in [6.45, 7) is 1.68. The van der Waals surface area contributed by atoms with E-state index < -0.39 is 6.10 Å². The molecule has 1 N–H and O–H groups in total. The molecule has 0 saturated heterocycles. The summed E-state index contributed by atoms with van der Waals surface area (Å²) in [7, 11) is 0. The molecule has 3 rings (SSSR count). The zero-order chi connectivity index (χ0) is 16.9. The van der Waals surface area contributed by atoms with Gasteiger partial charge in [-0.25, -0.2) is 4.98 Å². The summed E-state index contributed by atoms with van der Waals surface area (Å²) < 4.78 is 5.61. The van der Waals surface area contributed by atoms with Crippen molar-refractivity contribution in [2.24, 2.45) is 0 Å². The standard InChI is InChI=1S/C17H15ClN4O2/c1-11(24-15-8-3-2-6-12(15)18)14(23)10-16-20-17(22-21-16)13-7-4-5-9-19-13/h2-9,11H,10H2,1H3,(H,20,21,22). The Kier molecular flexibility index (Phi) is 4.86. The Balaban J connectivity index is 1.65. The highest BCUT2D eigenvalue weighted by molar-refractivity contribution is 6.32. The number of hydrogen-bond donors (Lipinski definition) is 1. The largest absolute Gasteiger partial charge is 0.481 e. The molecule has 2 aromatic heterocycles. The first-order valence-electron chi connectivity index (χ1n) is 7.40. The van der Waals surface area contributed by atoms with E-state index in [0.717, 1.165) is 0 Å². The van der Waals surface area contributed by atoms with E-state index in [0.29, 0.717) is 28.1 Å². The lowest BCUT2D eigenvalue weighted by Gasteiger charge is -2.13. The highest BCUT2D eigenvalue weighted by atomic mass is 35.5. The molecule has 2 heterocycles. The number of aromatic nitrogens is 4. The lowest BCUT2D eigenvalue weighted by Crippen LogP contribution is -2.26. The van der Waals surface area contributed by atoms with Gasteiger partial charge in [0.15, 0.2) is 17.7 Å². The SMILES string of the molecule is CC(Oc1ccccc1Cl)C(=O)Cc1nc(-c2ccccn2)n[nH]1. The normalized spacial score (nSPS) is 11.9. The van der Waals surface area contributed by atoms with Crippen molar-refractivity contribution >= 4 is 17.4 Å². The minimum atomic E-state index is -0.645. The van der Waals surface area contributed by atoms with Crippen LogP contribution in [0.15, 0.2) is 48.7 Å². The molecule has 7 heteroatoms. The molecule has 6 nitrogen and oxygen atoms in total. The monoisotopic (exact) mass is 342 g/mol. The third kappa shape index (κ3) is 3.78. The topological polar surface area (TPSA) is 80.8 Å². The molecule has 1 aromatic carbocycles. The van der Waals surface area contributed by atoms with Gasteiger partial charge in [0, 0.05) is 6.20 Å². The van der Waals surface area contributed by atoms with Crippen LogP contribution in [-0.2, 0) is 11.2 Å². The molecule has 0 aliphatic heterocycles. The van der Waals surface area contributed by atoms with Crippen molar-refractivity contribution in [1.82, 2.24) is 20.2 Å². The molecule has 0 fully saturated rings. The van der Waals surface area contributed by atoms with Gasteiger partial charge in [0.25, 0.3) is 0 Å². The summed E-state index contributed by atoms with van der Waals surface area (Å²) in [5, 5.41) is 7.31. The minimum absolute atomic E-state index is 0.0887. The number of rotatable bonds is 6. The average molecular weight is 343 g/mol. The fraction of sp³-hybridized carbons (Fsp3) is 0.176. The number of pyridine rings is 1. The Labute approximate surface area is 143 Å². The molecular formula is C17H15ClN4O2. The number of ether oxygens (including phenoxy) is 1. The third-order valence-electron chi connectivity index (χ3n) is 3.36. The van der Waals surface area contributed by atoms with E-state index in [9.17, 15) is 4.79 Å². The summed E-state index contributed by atoms with van der Waals surface area (Å²) >= 11 is 6.03. The number of carbonyl (C=O) groups excluding carboxylic acids is 1. The van der Waals surface area contributed by atoms with Crippen molar-refractivity contribution in [3.05, 3.63) is 59.5 Å². The van der Waals surface area contributed by atoms with Crippen LogP contribution in [-0.4, -0.2) is 32.1 Å². The molecule has 0 amide bonds. The maximum atomic E-state index is 12.3. The van der Waals surface area contributed by atoms with Crippen LogP contribution in [0.25, 0.3) is 11.5 Å². The Morgan fingerprint density at radius 2 is 2.04 bits per heavy atom. The van der Waals surface area contributed by atoms with Crippen molar-refractivity contribution in [3.8, 4) is 17.3 Å². The predicted molar refractivity (Wildman–Crippen MR) is 89.9 cm³/mol. The smallest absolute Gasteiger partial charge is 0.199 e. The fourth-order valence-electron chi connectivity index (χ4n) is 2.09. The van der Waals surface area contributed by atoms with Crippen LogP contribution < -0.4 is 4.74 Å². The number of nitrogens with one attached hydrogen (secondary N) is 1. The summed E-state index contributed by atoms with van der Waals surface area (Å²) in [4.78, 5) is 20.8. The fourth-order valence-corrected chi connectivity index (χ4v) is 2.27. The summed E-state index contributed by atoms with van der Waals surface area (Å²) in [5.74, 6) is 1.28. The van der Waals surface area contributed by atoms with Crippen LogP contribution in [0.4, 0.5) is 0 Å². The third-order valence-corrected chi connectivity index (χ3v) is 3.67. The van der Waals surface area contributed by atoms with Gasteiger partial charge in [-0.3, -0.25) is 14.9 Å². The van der Waals surface area contributed by atoms with Crippen molar-refractivity contribution < 1.29 is 9.53 Å². The van der Waals surface area contributed by atoms with E-state index in [-0.39, 0.29) is 12.2 Å². The second-order valence-corrected chi connectivity index (χ2v) is 5.56. The lowest BCUT2D eigenvalue weighted by atomic mass is 10.2. The van der Waals surface area contributed by atoms with Crippen LogP contribution in [0, 0.1) is 0 Å². The van der Waals surface area contributed by atoms with E-state index in [1.807, 2.05) is 12.1 Å². The molecule has 3 aromatic rings. The second kappa shape index (κ2) is 7.23. The van der Waals surface area contributed by atoms with E-state index in [1.54, 1.807) is 43.5 Å². The van der Waals surface area contributed by atoms with Gasteiger partial charge in [-0.1, -0.05) is 29.8 Å². The summed E-state index contributed by atoms with van der Waals surface area (Å²) in [5.41, 5.74) is 0.646. The molecule has 24 heavy (non-hydrogen) atoms. The second-order valence-electron chi connectivity index (χ2n) is 5.15. The molecular weight excluding hydrogens is 328 g/mol. The van der Waals surface area contributed by atoms with Gasteiger partial charge in [0.2, 0.25) is 0 Å². The van der Waals surface area contributed by atoms with Crippen molar-refractivity contribution in [1.29, 1.82) is 0 Å². The maximum absolute atomic E-state index is 12.3. The average Bonchev–Trinajstić information content (AvgIpc) is 3.06. The van der Waals surface area contributed by atoms with Crippen molar-refractivity contribution in [2.75, 3.05) is 0 Å². The molecule has 0 saturated carbocycles. The molecule has 1 unspecified atom stereocenters. The van der Waals surface area contributed by atoms with Crippen LogP contribution in [0.1, 0.15) is 12.7 Å².